The molecule has 1 aliphatic rings. The van der Waals surface area contributed by atoms with Gasteiger partial charge in [0.25, 0.3) is 0 Å². The average Bonchev–Trinajstić information content (AvgIpc) is 2.98. The second kappa shape index (κ2) is 7.38. The predicted octanol–water partition coefficient (Wildman–Crippen LogP) is 4.23. The van der Waals surface area contributed by atoms with Crippen LogP contribution in [0.4, 0.5) is 5.69 Å². The van der Waals surface area contributed by atoms with Crippen LogP contribution in [0.1, 0.15) is 35.2 Å². The molecule has 0 bridgehead atoms. The van der Waals surface area contributed by atoms with Crippen molar-refractivity contribution in [1.82, 2.24) is 4.72 Å². The van der Waals surface area contributed by atoms with E-state index in [0.29, 0.717) is 5.69 Å². The molecule has 0 radical (unpaired) electrons. The SMILES string of the molecule is Cc1ccc(S(=O)(=O)N[C@H](c2cccc(C)c2)C2(C)C(=O)Nc3ccccc32)cc1. The molecule has 5 nitrogen and oxygen atoms in total. The zero-order valence-corrected chi connectivity index (χ0v) is 18.0. The fraction of sp³-hybridized carbons (Fsp3) is 0.208. The number of para-hydroxylation sites is 1. The van der Waals surface area contributed by atoms with Gasteiger partial charge in [-0.15, -0.1) is 0 Å². The third-order valence-corrected chi connectivity index (χ3v) is 7.20. The van der Waals surface area contributed by atoms with Crippen molar-refractivity contribution in [2.45, 2.75) is 37.1 Å². The van der Waals surface area contributed by atoms with Gasteiger partial charge in [-0.3, -0.25) is 4.79 Å². The molecule has 1 unspecified atom stereocenters. The summed E-state index contributed by atoms with van der Waals surface area (Å²) in [6.45, 7) is 5.64. The number of hydrogen-bond acceptors (Lipinski definition) is 3. The monoisotopic (exact) mass is 420 g/mol. The number of carbonyl (C=O) groups excluding carboxylic acids is 1. The molecule has 30 heavy (non-hydrogen) atoms. The molecule has 2 N–H and O–H groups in total. The highest BCUT2D eigenvalue weighted by Gasteiger charge is 2.50. The Balaban J connectivity index is 1.86. The summed E-state index contributed by atoms with van der Waals surface area (Å²) in [5.41, 5.74) is 3.07. The van der Waals surface area contributed by atoms with E-state index in [9.17, 15) is 13.2 Å². The van der Waals surface area contributed by atoms with Crippen LogP contribution in [0, 0.1) is 13.8 Å². The topological polar surface area (TPSA) is 75.3 Å². The van der Waals surface area contributed by atoms with Gasteiger partial charge < -0.3 is 5.32 Å². The van der Waals surface area contributed by atoms with E-state index in [1.165, 1.54) is 0 Å². The third kappa shape index (κ3) is 3.42. The van der Waals surface area contributed by atoms with Gasteiger partial charge in [0.2, 0.25) is 15.9 Å². The molecule has 3 aromatic rings. The molecule has 2 atom stereocenters. The lowest BCUT2D eigenvalue weighted by Gasteiger charge is -2.33. The lowest BCUT2D eigenvalue weighted by Crippen LogP contribution is -2.46. The van der Waals surface area contributed by atoms with E-state index in [-0.39, 0.29) is 10.8 Å². The molecule has 0 spiro atoms. The number of aryl methyl sites for hydroxylation is 2. The van der Waals surface area contributed by atoms with E-state index in [4.69, 9.17) is 0 Å². The van der Waals surface area contributed by atoms with Crippen LogP contribution in [0.15, 0.2) is 77.7 Å². The second-order valence-corrected chi connectivity index (χ2v) is 9.70. The quantitative estimate of drug-likeness (QED) is 0.649. The molecule has 3 aromatic carbocycles. The minimum Gasteiger partial charge on any atom is -0.325 e. The lowest BCUT2D eigenvalue weighted by atomic mass is 9.74. The van der Waals surface area contributed by atoms with Gasteiger partial charge in [0, 0.05) is 5.69 Å². The molecule has 154 valence electrons. The Kier molecular flexibility index (Phi) is 5.00. The zero-order valence-electron chi connectivity index (χ0n) is 17.1. The van der Waals surface area contributed by atoms with Crippen LogP contribution in [0.3, 0.4) is 0 Å². The van der Waals surface area contributed by atoms with Crippen molar-refractivity contribution >= 4 is 21.6 Å². The van der Waals surface area contributed by atoms with E-state index in [2.05, 4.69) is 10.0 Å². The zero-order chi connectivity index (χ0) is 21.5. The van der Waals surface area contributed by atoms with E-state index >= 15 is 0 Å². The van der Waals surface area contributed by atoms with Gasteiger partial charge in [-0.25, -0.2) is 13.1 Å². The number of hydrogen-bond donors (Lipinski definition) is 2. The first-order valence-corrected chi connectivity index (χ1v) is 11.3. The van der Waals surface area contributed by atoms with Crippen LogP contribution in [-0.4, -0.2) is 14.3 Å². The Morgan fingerprint density at radius 1 is 0.900 bits per heavy atom. The Bertz CT molecular complexity index is 1220. The van der Waals surface area contributed by atoms with Gasteiger partial charge >= 0.3 is 0 Å². The van der Waals surface area contributed by atoms with Gasteiger partial charge in [0.1, 0.15) is 0 Å². The summed E-state index contributed by atoms with van der Waals surface area (Å²) in [6, 6.07) is 20.9. The first-order chi connectivity index (χ1) is 14.2. The fourth-order valence-electron chi connectivity index (χ4n) is 4.02. The van der Waals surface area contributed by atoms with Crippen LogP contribution in [0.25, 0.3) is 0 Å². The molecule has 0 saturated heterocycles. The van der Waals surface area contributed by atoms with Gasteiger partial charge in [-0.2, -0.15) is 0 Å². The van der Waals surface area contributed by atoms with Gasteiger partial charge in [-0.05, 0) is 50.1 Å². The number of rotatable bonds is 5. The van der Waals surface area contributed by atoms with Crippen molar-refractivity contribution in [2.75, 3.05) is 5.32 Å². The summed E-state index contributed by atoms with van der Waals surface area (Å²) >= 11 is 0. The smallest absolute Gasteiger partial charge is 0.241 e. The summed E-state index contributed by atoms with van der Waals surface area (Å²) < 4.78 is 29.4. The number of nitrogens with one attached hydrogen (secondary N) is 2. The molecular formula is C24H24N2O3S. The summed E-state index contributed by atoms with van der Waals surface area (Å²) in [7, 11) is -3.87. The molecule has 0 aliphatic carbocycles. The van der Waals surface area contributed by atoms with Crippen molar-refractivity contribution < 1.29 is 13.2 Å². The van der Waals surface area contributed by atoms with Crippen molar-refractivity contribution in [2.24, 2.45) is 0 Å². The predicted molar refractivity (Wildman–Crippen MR) is 118 cm³/mol. The van der Waals surface area contributed by atoms with Crippen LogP contribution in [0.5, 0.6) is 0 Å². The fourth-order valence-corrected chi connectivity index (χ4v) is 5.33. The Morgan fingerprint density at radius 3 is 2.30 bits per heavy atom. The summed E-state index contributed by atoms with van der Waals surface area (Å²) in [5, 5.41) is 2.91. The Labute approximate surface area is 177 Å². The number of carbonyl (C=O) groups is 1. The standard InChI is InChI=1S/C24H24N2O3S/c1-16-11-13-19(14-12-16)30(28,29)26-22(18-8-6-7-17(2)15-18)24(3)20-9-4-5-10-21(20)25-23(24)27/h4-15,22,26H,1-3H3,(H,25,27)/t22-,24?/m1/s1. The highest BCUT2D eigenvalue weighted by Crippen LogP contribution is 2.46. The largest absolute Gasteiger partial charge is 0.325 e. The van der Waals surface area contributed by atoms with Crippen LogP contribution in [0.2, 0.25) is 0 Å². The number of fused-ring (bicyclic) bond motifs is 1. The minimum atomic E-state index is -3.87. The summed E-state index contributed by atoms with van der Waals surface area (Å²) in [4.78, 5) is 13.3. The van der Waals surface area contributed by atoms with Crippen molar-refractivity contribution in [3.05, 3.63) is 95.1 Å². The number of sulfonamides is 1. The molecule has 6 heteroatoms. The maximum atomic E-state index is 13.3. The van der Waals surface area contributed by atoms with Crippen molar-refractivity contribution in [3.8, 4) is 0 Å². The Morgan fingerprint density at radius 2 is 1.60 bits per heavy atom. The van der Waals surface area contributed by atoms with Crippen molar-refractivity contribution in [1.29, 1.82) is 0 Å². The summed E-state index contributed by atoms with van der Waals surface area (Å²) in [5.74, 6) is -0.234. The molecule has 4 rings (SSSR count). The first-order valence-electron chi connectivity index (χ1n) is 9.78. The van der Waals surface area contributed by atoms with Crippen LogP contribution < -0.4 is 10.0 Å². The molecule has 0 aromatic heterocycles. The van der Waals surface area contributed by atoms with Crippen LogP contribution in [-0.2, 0) is 20.2 Å². The normalized spacial score (nSPS) is 19.2. The van der Waals surface area contributed by atoms with Crippen molar-refractivity contribution in [3.63, 3.8) is 0 Å². The number of amides is 1. The van der Waals surface area contributed by atoms with Gasteiger partial charge in [0.05, 0.1) is 16.4 Å². The molecule has 1 aliphatic heterocycles. The molecule has 0 fully saturated rings. The average molecular weight is 421 g/mol. The Hall–Kier alpha value is -2.96. The second-order valence-electron chi connectivity index (χ2n) is 7.98. The highest BCUT2D eigenvalue weighted by molar-refractivity contribution is 7.89. The molecular weight excluding hydrogens is 396 g/mol. The first kappa shape index (κ1) is 20.3. The summed E-state index contributed by atoms with van der Waals surface area (Å²) in [6.07, 6.45) is 0. The lowest BCUT2D eigenvalue weighted by molar-refractivity contribution is -0.121. The van der Waals surface area contributed by atoms with Crippen LogP contribution >= 0.6 is 0 Å². The third-order valence-electron chi connectivity index (χ3n) is 5.76. The van der Waals surface area contributed by atoms with Gasteiger partial charge in [0.15, 0.2) is 0 Å². The molecule has 1 amide bonds. The van der Waals surface area contributed by atoms with E-state index in [0.717, 1.165) is 22.3 Å². The van der Waals surface area contributed by atoms with E-state index < -0.39 is 21.5 Å². The van der Waals surface area contributed by atoms with Gasteiger partial charge in [-0.1, -0.05) is 65.7 Å². The van der Waals surface area contributed by atoms with E-state index in [1.54, 1.807) is 31.2 Å². The molecule has 0 saturated carbocycles. The minimum absolute atomic E-state index is 0.168. The van der Waals surface area contributed by atoms with E-state index in [1.807, 2.05) is 62.4 Å². The maximum Gasteiger partial charge on any atom is 0.241 e. The highest BCUT2D eigenvalue weighted by atomic mass is 32.2. The number of anilines is 1. The number of benzene rings is 3. The maximum absolute atomic E-state index is 13.3. The molecule has 1 heterocycles.